The summed E-state index contributed by atoms with van der Waals surface area (Å²) in [7, 11) is 0. The molecule has 2 N–H and O–H groups in total. The van der Waals surface area contributed by atoms with Crippen molar-refractivity contribution >= 4 is 28.5 Å². The van der Waals surface area contributed by atoms with Gasteiger partial charge >= 0.3 is 0 Å². The lowest BCUT2D eigenvalue weighted by Gasteiger charge is -2.22. The summed E-state index contributed by atoms with van der Waals surface area (Å²) >= 11 is 0. The highest BCUT2D eigenvalue weighted by molar-refractivity contribution is 5.99. The third-order valence-electron chi connectivity index (χ3n) is 5.25. The Morgan fingerprint density at radius 2 is 1.59 bits per heavy atom. The summed E-state index contributed by atoms with van der Waals surface area (Å²) < 4.78 is 0. The summed E-state index contributed by atoms with van der Waals surface area (Å²) in [5, 5.41) is 0.731. The molecule has 1 aromatic heterocycles. The number of hydrogen-bond acceptors (Lipinski definition) is 5. The number of nitrogen functional groups attached to an aromatic ring is 1. The highest BCUT2D eigenvalue weighted by Crippen LogP contribution is 2.19. The average Bonchev–Trinajstić information content (AvgIpc) is 2.99. The predicted molar refractivity (Wildman–Crippen MR) is 112 cm³/mol. The fraction of sp³-hybridized carbons (Fsp3) is 0.273. The molecule has 7 heteroatoms. The number of nitrogens with zero attached hydrogens (tertiary/aromatic N) is 4. The van der Waals surface area contributed by atoms with Crippen molar-refractivity contribution in [2.75, 3.05) is 31.9 Å². The van der Waals surface area contributed by atoms with Crippen molar-refractivity contribution in [1.82, 2.24) is 19.8 Å². The second kappa shape index (κ2) is 7.87. The first-order valence-corrected chi connectivity index (χ1v) is 9.68. The fourth-order valence-corrected chi connectivity index (χ4v) is 3.68. The van der Waals surface area contributed by atoms with E-state index in [0.717, 1.165) is 17.4 Å². The molecule has 0 atom stereocenters. The Bertz CT molecular complexity index is 1080. The Kier molecular flexibility index (Phi) is 5.12. The Morgan fingerprint density at radius 3 is 2.28 bits per heavy atom. The smallest absolute Gasteiger partial charge is 0.253 e. The van der Waals surface area contributed by atoms with Gasteiger partial charge in [0.25, 0.3) is 11.8 Å². The summed E-state index contributed by atoms with van der Waals surface area (Å²) in [5.74, 6) is 0.351. The number of carbonyl (C=O) groups excluding carboxylic acids is 2. The quantitative estimate of drug-likeness (QED) is 0.727. The minimum atomic E-state index is -0.0612. The van der Waals surface area contributed by atoms with Crippen molar-refractivity contribution in [2.24, 2.45) is 0 Å². The van der Waals surface area contributed by atoms with Gasteiger partial charge in [-0.05, 0) is 43.7 Å². The van der Waals surface area contributed by atoms with Crippen LogP contribution in [0.1, 0.15) is 32.7 Å². The maximum Gasteiger partial charge on any atom is 0.253 e. The van der Waals surface area contributed by atoms with E-state index in [4.69, 9.17) is 5.73 Å². The molecule has 0 bridgehead atoms. The fourth-order valence-electron chi connectivity index (χ4n) is 3.68. The number of anilines is 1. The number of benzene rings is 2. The minimum Gasteiger partial charge on any atom is -0.383 e. The van der Waals surface area contributed by atoms with Crippen molar-refractivity contribution in [3.8, 4) is 0 Å². The molecule has 4 rings (SSSR count). The Hall–Kier alpha value is -3.48. The molecule has 0 unspecified atom stereocenters. The molecule has 1 aliphatic rings. The SMILES string of the molecule is Cc1cccc(C(=O)N2CCCN(C(=O)c3ccc4c(N)ncnc4c3)CC2)c1. The zero-order chi connectivity index (χ0) is 20.4. The number of amides is 2. The van der Waals surface area contributed by atoms with E-state index in [9.17, 15) is 9.59 Å². The highest BCUT2D eigenvalue weighted by atomic mass is 16.2. The lowest BCUT2D eigenvalue weighted by Crippen LogP contribution is -2.37. The van der Waals surface area contributed by atoms with Gasteiger partial charge in [0, 0.05) is 42.7 Å². The standard InChI is InChI=1S/C22H23N5O2/c1-15-4-2-5-16(12-15)21(28)26-8-3-9-27(11-10-26)22(29)17-6-7-18-19(13-17)24-14-25-20(18)23/h2,4-7,12-14H,3,8-11H2,1H3,(H2,23,24,25). The van der Waals surface area contributed by atoms with E-state index < -0.39 is 0 Å². The van der Waals surface area contributed by atoms with Gasteiger partial charge in [-0.15, -0.1) is 0 Å². The van der Waals surface area contributed by atoms with Gasteiger partial charge in [0.15, 0.2) is 0 Å². The summed E-state index contributed by atoms with van der Waals surface area (Å²) in [6.07, 6.45) is 2.14. The van der Waals surface area contributed by atoms with E-state index in [2.05, 4.69) is 9.97 Å². The van der Waals surface area contributed by atoms with Crippen molar-refractivity contribution in [2.45, 2.75) is 13.3 Å². The van der Waals surface area contributed by atoms with Crippen molar-refractivity contribution in [3.05, 3.63) is 65.5 Å². The van der Waals surface area contributed by atoms with Crippen LogP contribution in [0.5, 0.6) is 0 Å². The van der Waals surface area contributed by atoms with Crippen LogP contribution in [0.4, 0.5) is 5.82 Å². The van der Waals surface area contributed by atoms with Crippen LogP contribution in [0, 0.1) is 6.92 Å². The molecular weight excluding hydrogens is 366 g/mol. The van der Waals surface area contributed by atoms with E-state index in [1.807, 2.05) is 36.1 Å². The molecule has 29 heavy (non-hydrogen) atoms. The van der Waals surface area contributed by atoms with Gasteiger partial charge in [-0.2, -0.15) is 0 Å². The van der Waals surface area contributed by atoms with Gasteiger partial charge in [0.2, 0.25) is 0 Å². The summed E-state index contributed by atoms with van der Waals surface area (Å²) in [6, 6.07) is 12.9. The molecule has 3 aromatic rings. The lowest BCUT2D eigenvalue weighted by atomic mass is 10.1. The second-order valence-corrected chi connectivity index (χ2v) is 7.30. The number of aromatic nitrogens is 2. The van der Waals surface area contributed by atoms with Crippen LogP contribution in [0.25, 0.3) is 10.9 Å². The lowest BCUT2D eigenvalue weighted by molar-refractivity contribution is 0.0719. The van der Waals surface area contributed by atoms with E-state index in [-0.39, 0.29) is 11.8 Å². The van der Waals surface area contributed by atoms with Gasteiger partial charge in [-0.1, -0.05) is 17.7 Å². The van der Waals surface area contributed by atoms with Crippen LogP contribution in [0.2, 0.25) is 0 Å². The molecule has 1 aliphatic heterocycles. The van der Waals surface area contributed by atoms with Crippen LogP contribution < -0.4 is 5.73 Å². The topological polar surface area (TPSA) is 92.4 Å². The normalized spacial score (nSPS) is 14.7. The van der Waals surface area contributed by atoms with Crippen LogP contribution in [-0.2, 0) is 0 Å². The monoisotopic (exact) mass is 389 g/mol. The summed E-state index contributed by atoms with van der Waals surface area (Å²) in [4.78, 5) is 37.7. The number of hydrogen-bond donors (Lipinski definition) is 1. The first-order chi connectivity index (χ1) is 14.0. The highest BCUT2D eigenvalue weighted by Gasteiger charge is 2.24. The number of nitrogens with two attached hydrogens (primary N) is 1. The van der Waals surface area contributed by atoms with Gasteiger partial charge in [-0.3, -0.25) is 9.59 Å². The van der Waals surface area contributed by atoms with E-state index in [1.165, 1.54) is 6.33 Å². The number of carbonyl (C=O) groups is 2. The van der Waals surface area contributed by atoms with Crippen LogP contribution in [0.3, 0.4) is 0 Å². The van der Waals surface area contributed by atoms with Crippen LogP contribution in [-0.4, -0.2) is 57.8 Å². The summed E-state index contributed by atoms with van der Waals surface area (Å²) in [5.41, 5.74) is 8.82. The largest absolute Gasteiger partial charge is 0.383 e. The first-order valence-electron chi connectivity index (χ1n) is 9.68. The van der Waals surface area contributed by atoms with Gasteiger partial charge < -0.3 is 15.5 Å². The zero-order valence-corrected chi connectivity index (χ0v) is 16.3. The van der Waals surface area contributed by atoms with Crippen LogP contribution in [0.15, 0.2) is 48.8 Å². The molecule has 2 amide bonds. The maximum atomic E-state index is 13.0. The Morgan fingerprint density at radius 1 is 0.897 bits per heavy atom. The molecule has 1 fully saturated rings. The van der Waals surface area contributed by atoms with Crippen molar-refractivity contribution in [3.63, 3.8) is 0 Å². The molecule has 0 spiro atoms. The molecule has 7 nitrogen and oxygen atoms in total. The molecule has 1 saturated heterocycles. The van der Waals surface area contributed by atoms with Gasteiger partial charge in [0.1, 0.15) is 12.1 Å². The molecule has 0 aliphatic carbocycles. The molecular formula is C22H23N5O2. The summed E-state index contributed by atoms with van der Waals surface area (Å²) in [6.45, 7) is 4.24. The van der Waals surface area contributed by atoms with Gasteiger partial charge in [-0.25, -0.2) is 9.97 Å². The van der Waals surface area contributed by atoms with Crippen molar-refractivity contribution in [1.29, 1.82) is 0 Å². The first kappa shape index (κ1) is 18.9. The van der Waals surface area contributed by atoms with Crippen LogP contribution >= 0.6 is 0 Å². The minimum absolute atomic E-state index is 0.0147. The molecule has 2 aromatic carbocycles. The van der Waals surface area contributed by atoms with E-state index in [1.54, 1.807) is 23.1 Å². The zero-order valence-electron chi connectivity index (χ0n) is 16.3. The Balaban J connectivity index is 1.48. The van der Waals surface area contributed by atoms with E-state index >= 15 is 0 Å². The van der Waals surface area contributed by atoms with E-state index in [0.29, 0.717) is 48.6 Å². The number of rotatable bonds is 2. The third-order valence-corrected chi connectivity index (χ3v) is 5.25. The van der Waals surface area contributed by atoms with Crippen molar-refractivity contribution < 1.29 is 9.59 Å². The molecule has 2 heterocycles. The second-order valence-electron chi connectivity index (χ2n) is 7.30. The van der Waals surface area contributed by atoms with Gasteiger partial charge in [0.05, 0.1) is 5.52 Å². The Labute approximate surface area is 169 Å². The number of fused-ring (bicyclic) bond motifs is 1. The molecule has 148 valence electrons. The predicted octanol–water partition coefficient (Wildman–Crippen LogP) is 2.51. The number of aryl methyl sites for hydroxylation is 1. The average molecular weight is 389 g/mol. The molecule has 0 radical (unpaired) electrons. The third kappa shape index (κ3) is 3.89. The maximum absolute atomic E-state index is 13.0. The molecule has 0 saturated carbocycles.